The molecule has 1 atom stereocenters. The molecule has 1 aromatic rings. The van der Waals surface area contributed by atoms with Crippen LogP contribution in [0.1, 0.15) is 5.56 Å². The summed E-state index contributed by atoms with van der Waals surface area (Å²) < 4.78 is 56.6. The molecule has 0 saturated carbocycles. The molecule has 1 rings (SSSR count). The van der Waals surface area contributed by atoms with Gasteiger partial charge in [-0.1, -0.05) is 23.2 Å². The van der Waals surface area contributed by atoms with E-state index < -0.39 is 16.6 Å². The summed E-state index contributed by atoms with van der Waals surface area (Å²) in [6.07, 6.45) is 0. The molecule has 0 N–H and O–H groups in total. The molecule has 0 amide bonds. The molecule has 15 heavy (non-hydrogen) atoms. The van der Waals surface area contributed by atoms with Gasteiger partial charge in [-0.05, 0) is 29.5 Å². The van der Waals surface area contributed by atoms with Crippen molar-refractivity contribution in [2.75, 3.05) is 0 Å². The Morgan fingerprint density at radius 3 is 2.60 bits per heavy atom. The Balaban J connectivity index is 2.79. The number of hydrogen-bond donors (Lipinski definition) is 0. The lowest BCUT2D eigenvalue weighted by atomic mass is 10.2. The van der Waals surface area contributed by atoms with Gasteiger partial charge in [0.25, 0.3) is 0 Å². The number of thioether (sulfide) groups is 1. The fourth-order valence-electron chi connectivity index (χ4n) is 0.968. The zero-order chi connectivity index (χ0) is 11.5. The minimum Gasteiger partial charge on any atom is -0.772 e. The molecule has 1 aromatic carbocycles. The molecule has 7 heteroatoms. The predicted molar refractivity (Wildman–Crippen MR) is 51.0 cm³/mol. The van der Waals surface area contributed by atoms with Crippen LogP contribution in [-0.2, 0) is 16.8 Å². The van der Waals surface area contributed by atoms with Gasteiger partial charge in [-0.25, -0.2) is 0 Å². The molecule has 0 radical (unpaired) electrons. The van der Waals surface area contributed by atoms with Gasteiger partial charge in [-0.2, -0.15) is 13.2 Å². The van der Waals surface area contributed by atoms with Crippen LogP contribution in [0.15, 0.2) is 29.2 Å². The third-order valence-electron chi connectivity index (χ3n) is 1.42. The summed E-state index contributed by atoms with van der Waals surface area (Å²) in [5, 5.41) is 0. The van der Waals surface area contributed by atoms with E-state index in [2.05, 4.69) is 0 Å². The Morgan fingerprint density at radius 1 is 1.40 bits per heavy atom. The van der Waals surface area contributed by atoms with Crippen molar-refractivity contribution >= 4 is 22.8 Å². The zero-order valence-electron chi connectivity index (χ0n) is 7.28. The molecule has 1 unspecified atom stereocenters. The van der Waals surface area contributed by atoms with Crippen LogP contribution in [0.3, 0.4) is 0 Å². The standard InChI is InChI=1S/C8H7F3O2S2/c9-8(10,11)14-7-3-1-2-6(4-7)5-15(12)13/h1-4H,5H2,(H,12,13)/p-1. The summed E-state index contributed by atoms with van der Waals surface area (Å²) >= 11 is -2.55. The molecule has 0 spiro atoms. The molecule has 0 aliphatic carbocycles. The van der Waals surface area contributed by atoms with Gasteiger partial charge in [0.2, 0.25) is 0 Å². The first kappa shape index (κ1) is 12.5. The van der Waals surface area contributed by atoms with Crippen LogP contribution in [-0.4, -0.2) is 14.3 Å². The van der Waals surface area contributed by atoms with Crippen molar-refractivity contribution in [2.24, 2.45) is 0 Å². The van der Waals surface area contributed by atoms with Crippen LogP contribution in [0, 0.1) is 0 Å². The highest BCUT2D eigenvalue weighted by atomic mass is 32.2. The first-order chi connectivity index (χ1) is 6.87. The van der Waals surface area contributed by atoms with Gasteiger partial charge in [0.1, 0.15) is 0 Å². The summed E-state index contributed by atoms with van der Waals surface area (Å²) in [6.45, 7) is 0. The van der Waals surface area contributed by atoms with E-state index in [0.717, 1.165) is 0 Å². The maximum atomic E-state index is 12.0. The second kappa shape index (κ2) is 5.00. The summed E-state index contributed by atoms with van der Waals surface area (Å²) in [5.41, 5.74) is -4.01. The lowest BCUT2D eigenvalue weighted by Crippen LogP contribution is -1.99. The Kier molecular flexibility index (Phi) is 4.18. The Bertz CT molecular complexity index is 365. The van der Waals surface area contributed by atoms with Crippen LogP contribution in [0.2, 0.25) is 0 Å². The number of benzene rings is 1. The molecule has 0 heterocycles. The highest BCUT2D eigenvalue weighted by molar-refractivity contribution is 8.00. The molecule has 0 aliphatic rings. The van der Waals surface area contributed by atoms with Gasteiger partial charge in [0.05, 0.1) is 0 Å². The van der Waals surface area contributed by atoms with E-state index in [4.69, 9.17) is 0 Å². The first-order valence-corrected chi connectivity index (χ1v) is 5.83. The van der Waals surface area contributed by atoms with Crippen molar-refractivity contribution < 1.29 is 21.9 Å². The zero-order valence-corrected chi connectivity index (χ0v) is 8.92. The Morgan fingerprint density at radius 2 is 2.07 bits per heavy atom. The van der Waals surface area contributed by atoms with Crippen LogP contribution in [0.25, 0.3) is 0 Å². The van der Waals surface area contributed by atoms with Gasteiger partial charge in [0.15, 0.2) is 0 Å². The van der Waals surface area contributed by atoms with Gasteiger partial charge >= 0.3 is 5.51 Å². The summed E-state index contributed by atoms with van der Waals surface area (Å²) in [5.74, 6) is -0.272. The topological polar surface area (TPSA) is 40.1 Å². The second-order valence-electron chi connectivity index (χ2n) is 2.64. The average molecular weight is 255 g/mol. The van der Waals surface area contributed by atoms with Gasteiger partial charge in [-0.3, -0.25) is 4.21 Å². The first-order valence-electron chi connectivity index (χ1n) is 3.77. The van der Waals surface area contributed by atoms with E-state index in [1.165, 1.54) is 24.3 Å². The van der Waals surface area contributed by atoms with E-state index in [9.17, 15) is 21.9 Å². The molecule has 0 fully saturated rings. The van der Waals surface area contributed by atoms with Crippen molar-refractivity contribution in [1.82, 2.24) is 0 Å². The third kappa shape index (κ3) is 5.19. The number of hydrogen-bond acceptors (Lipinski definition) is 3. The van der Waals surface area contributed by atoms with Crippen LogP contribution in [0.5, 0.6) is 0 Å². The van der Waals surface area contributed by atoms with E-state index in [-0.39, 0.29) is 22.4 Å². The summed E-state index contributed by atoms with van der Waals surface area (Å²) in [6, 6.07) is 5.37. The average Bonchev–Trinajstić information content (AvgIpc) is 1.99. The van der Waals surface area contributed by atoms with E-state index in [0.29, 0.717) is 5.56 Å². The molecule has 0 aliphatic heterocycles. The third-order valence-corrected chi connectivity index (χ3v) is 2.71. The SMILES string of the molecule is O=S([O-])Cc1cccc(SC(F)(F)F)c1. The molecule has 84 valence electrons. The van der Waals surface area contributed by atoms with E-state index in [1.807, 2.05) is 0 Å². The van der Waals surface area contributed by atoms with Gasteiger partial charge in [-0.15, -0.1) is 0 Å². The van der Waals surface area contributed by atoms with Crippen molar-refractivity contribution in [1.29, 1.82) is 0 Å². The monoisotopic (exact) mass is 255 g/mol. The lowest BCUT2D eigenvalue weighted by molar-refractivity contribution is -0.0328. The smallest absolute Gasteiger partial charge is 0.446 e. The van der Waals surface area contributed by atoms with Gasteiger partial charge < -0.3 is 4.55 Å². The highest BCUT2D eigenvalue weighted by Crippen LogP contribution is 2.36. The normalized spacial score (nSPS) is 13.9. The fraction of sp³-hybridized carbons (Fsp3) is 0.250. The molecule has 0 bridgehead atoms. The maximum Gasteiger partial charge on any atom is 0.446 e. The van der Waals surface area contributed by atoms with Crippen molar-refractivity contribution in [2.45, 2.75) is 16.2 Å². The summed E-state index contributed by atoms with van der Waals surface area (Å²) in [7, 11) is 0. The lowest BCUT2D eigenvalue weighted by Gasteiger charge is -2.08. The van der Waals surface area contributed by atoms with Crippen LogP contribution >= 0.6 is 11.8 Å². The van der Waals surface area contributed by atoms with Crippen molar-refractivity contribution in [3.8, 4) is 0 Å². The predicted octanol–water partition coefficient (Wildman–Crippen LogP) is 2.68. The van der Waals surface area contributed by atoms with E-state index in [1.54, 1.807) is 0 Å². The largest absolute Gasteiger partial charge is 0.772 e. The van der Waals surface area contributed by atoms with Crippen molar-refractivity contribution in [3.63, 3.8) is 0 Å². The minimum atomic E-state index is -4.35. The van der Waals surface area contributed by atoms with Crippen molar-refractivity contribution in [3.05, 3.63) is 29.8 Å². The minimum absolute atomic E-state index is 0.00884. The van der Waals surface area contributed by atoms with Crippen LogP contribution < -0.4 is 0 Å². The number of halogens is 3. The molecule has 2 nitrogen and oxygen atoms in total. The maximum absolute atomic E-state index is 12.0. The molecule has 0 saturated heterocycles. The molecule has 0 aromatic heterocycles. The molecular formula is C8H6F3O2S2-. The van der Waals surface area contributed by atoms with E-state index >= 15 is 0 Å². The highest BCUT2D eigenvalue weighted by Gasteiger charge is 2.29. The van der Waals surface area contributed by atoms with Crippen LogP contribution in [0.4, 0.5) is 13.2 Å². The molecular weight excluding hydrogens is 249 g/mol. The summed E-state index contributed by atoms with van der Waals surface area (Å²) in [4.78, 5) is -0.00884. The second-order valence-corrected chi connectivity index (χ2v) is 4.68. The number of rotatable bonds is 3. The Hall–Kier alpha value is -0.530. The Labute approximate surface area is 91.2 Å². The fourth-order valence-corrected chi connectivity index (χ4v) is 2.04. The quantitative estimate of drug-likeness (QED) is 0.616. The van der Waals surface area contributed by atoms with Gasteiger partial charge in [0, 0.05) is 10.6 Å². The number of alkyl halides is 3.